The molecule has 0 saturated carbocycles. The summed E-state index contributed by atoms with van der Waals surface area (Å²) in [6.07, 6.45) is 2.47. The van der Waals surface area contributed by atoms with Crippen molar-refractivity contribution in [3.8, 4) is 0 Å². The van der Waals surface area contributed by atoms with E-state index in [2.05, 4.69) is 44.5 Å². The number of rotatable bonds is 2. The maximum absolute atomic E-state index is 6.18. The van der Waals surface area contributed by atoms with Gasteiger partial charge in [0.2, 0.25) is 0 Å². The summed E-state index contributed by atoms with van der Waals surface area (Å²) in [5.41, 5.74) is -0.0767. The number of anilines is 1. The minimum atomic E-state index is -0.0767. The molecule has 3 nitrogen and oxygen atoms in total. The van der Waals surface area contributed by atoms with Crippen LogP contribution in [0, 0.1) is 5.92 Å². The topological polar surface area (TPSA) is 29.0 Å². The second kappa shape index (κ2) is 5.28. The number of nitrogens with zero attached hydrogens (tertiary/aromatic N) is 3. The molecule has 2 heterocycles. The monoisotopic (exact) mass is 281 g/mol. The first-order chi connectivity index (χ1) is 8.79. The van der Waals surface area contributed by atoms with E-state index in [-0.39, 0.29) is 5.41 Å². The smallest absolute Gasteiger partial charge is 0.137 e. The number of hydrogen-bond donors (Lipinski definition) is 0. The third kappa shape index (κ3) is 3.19. The van der Waals surface area contributed by atoms with Gasteiger partial charge in [0.25, 0.3) is 0 Å². The molecule has 1 aromatic rings. The van der Waals surface area contributed by atoms with E-state index < -0.39 is 0 Å². The summed E-state index contributed by atoms with van der Waals surface area (Å²) < 4.78 is 0. The Balaban J connectivity index is 2.37. The molecular formula is C15H24ClN3. The molecule has 1 fully saturated rings. The number of aromatic nitrogens is 2. The summed E-state index contributed by atoms with van der Waals surface area (Å²) in [5.74, 6) is 2.44. The van der Waals surface area contributed by atoms with Crippen molar-refractivity contribution in [2.24, 2.45) is 5.92 Å². The highest BCUT2D eigenvalue weighted by Crippen LogP contribution is 2.31. The summed E-state index contributed by atoms with van der Waals surface area (Å²) in [7, 11) is 0. The molecule has 0 N–H and O–H groups in total. The Bertz CT molecular complexity index is 451. The van der Waals surface area contributed by atoms with Gasteiger partial charge in [0.1, 0.15) is 16.8 Å². The fourth-order valence-electron chi connectivity index (χ4n) is 2.66. The summed E-state index contributed by atoms with van der Waals surface area (Å²) >= 11 is 6.18. The van der Waals surface area contributed by atoms with E-state index in [4.69, 9.17) is 16.6 Å². The van der Waals surface area contributed by atoms with Crippen molar-refractivity contribution in [3.63, 3.8) is 0 Å². The molecule has 4 heteroatoms. The first-order valence-electron chi connectivity index (χ1n) is 7.11. The van der Waals surface area contributed by atoms with Gasteiger partial charge >= 0.3 is 0 Å². The fraction of sp³-hybridized carbons (Fsp3) is 0.733. The van der Waals surface area contributed by atoms with Gasteiger partial charge in [-0.2, -0.15) is 0 Å². The minimum Gasteiger partial charge on any atom is -0.353 e. The van der Waals surface area contributed by atoms with Gasteiger partial charge in [-0.05, 0) is 18.8 Å². The normalized spacial score (nSPS) is 20.4. The van der Waals surface area contributed by atoms with Crippen molar-refractivity contribution in [3.05, 3.63) is 17.0 Å². The van der Waals surface area contributed by atoms with Crippen molar-refractivity contribution < 1.29 is 0 Å². The van der Waals surface area contributed by atoms with Crippen LogP contribution in [0.4, 0.5) is 5.82 Å². The van der Waals surface area contributed by atoms with Crippen molar-refractivity contribution in [2.75, 3.05) is 11.4 Å². The van der Waals surface area contributed by atoms with Crippen molar-refractivity contribution in [2.45, 2.75) is 58.9 Å². The predicted octanol–water partition coefficient (Wildman–Crippen LogP) is 4.05. The van der Waals surface area contributed by atoms with Crippen LogP contribution in [0.15, 0.2) is 6.07 Å². The molecule has 1 saturated heterocycles. The molecule has 1 atom stereocenters. The zero-order valence-electron chi connectivity index (χ0n) is 12.6. The number of hydrogen-bond acceptors (Lipinski definition) is 3. The van der Waals surface area contributed by atoms with Gasteiger partial charge in [-0.1, -0.05) is 46.2 Å². The van der Waals surface area contributed by atoms with Crippen LogP contribution in [0.2, 0.25) is 5.15 Å². The van der Waals surface area contributed by atoms with Crippen LogP contribution < -0.4 is 4.90 Å². The average molecular weight is 282 g/mol. The first kappa shape index (κ1) is 14.6. The van der Waals surface area contributed by atoms with E-state index in [0.29, 0.717) is 17.1 Å². The van der Waals surface area contributed by atoms with Gasteiger partial charge in [-0.15, -0.1) is 0 Å². The zero-order chi connectivity index (χ0) is 14.2. The summed E-state index contributed by atoms with van der Waals surface area (Å²) in [6, 6.07) is 2.47. The largest absolute Gasteiger partial charge is 0.353 e. The molecular weight excluding hydrogens is 258 g/mol. The van der Waals surface area contributed by atoms with Crippen LogP contribution in [-0.4, -0.2) is 22.6 Å². The van der Waals surface area contributed by atoms with Crippen LogP contribution in [-0.2, 0) is 5.41 Å². The zero-order valence-corrected chi connectivity index (χ0v) is 13.3. The maximum atomic E-state index is 6.18. The molecule has 19 heavy (non-hydrogen) atoms. The first-order valence-corrected chi connectivity index (χ1v) is 7.48. The molecule has 0 bridgehead atoms. The van der Waals surface area contributed by atoms with Gasteiger partial charge < -0.3 is 4.90 Å². The van der Waals surface area contributed by atoms with E-state index in [9.17, 15) is 0 Å². The van der Waals surface area contributed by atoms with Gasteiger partial charge in [-0.3, -0.25) is 0 Å². The highest BCUT2D eigenvalue weighted by atomic mass is 35.5. The standard InChI is InChI=1S/C15H24ClN3/c1-10(2)11-7-6-8-19(11)13-9-12(16)17-14(18-13)15(3,4)5/h9-11H,6-8H2,1-5H3. The lowest BCUT2D eigenvalue weighted by atomic mass is 9.96. The lowest BCUT2D eigenvalue weighted by molar-refractivity contribution is 0.486. The van der Waals surface area contributed by atoms with Crippen LogP contribution in [0.1, 0.15) is 53.3 Å². The third-order valence-corrected chi connectivity index (χ3v) is 3.91. The summed E-state index contributed by atoms with van der Waals surface area (Å²) in [5, 5.41) is 0.546. The van der Waals surface area contributed by atoms with Crippen LogP contribution in [0.25, 0.3) is 0 Å². The summed E-state index contributed by atoms with van der Waals surface area (Å²) in [4.78, 5) is 11.5. The molecule has 1 aromatic heterocycles. The number of halogens is 1. The lowest BCUT2D eigenvalue weighted by Crippen LogP contribution is -2.34. The Morgan fingerprint density at radius 3 is 2.58 bits per heavy atom. The minimum absolute atomic E-state index is 0.0767. The van der Waals surface area contributed by atoms with Gasteiger partial charge in [0.05, 0.1) is 0 Å². The third-order valence-electron chi connectivity index (χ3n) is 3.72. The van der Waals surface area contributed by atoms with E-state index in [1.807, 2.05) is 6.07 Å². The van der Waals surface area contributed by atoms with Crippen LogP contribution in [0.5, 0.6) is 0 Å². The molecule has 2 rings (SSSR count). The van der Waals surface area contributed by atoms with Gasteiger partial charge in [0.15, 0.2) is 0 Å². The molecule has 0 radical (unpaired) electrons. The van der Waals surface area contributed by atoms with Crippen molar-refractivity contribution >= 4 is 17.4 Å². The summed E-state index contributed by atoms with van der Waals surface area (Å²) in [6.45, 7) is 12.0. The highest BCUT2D eigenvalue weighted by Gasteiger charge is 2.29. The molecule has 1 aliphatic rings. The Labute approximate surface area is 121 Å². The Kier molecular flexibility index (Phi) is 4.05. The van der Waals surface area contributed by atoms with Crippen molar-refractivity contribution in [1.82, 2.24) is 9.97 Å². The van der Waals surface area contributed by atoms with E-state index in [0.717, 1.165) is 18.2 Å². The van der Waals surface area contributed by atoms with Crippen LogP contribution >= 0.6 is 11.6 Å². The Morgan fingerprint density at radius 1 is 1.32 bits per heavy atom. The van der Waals surface area contributed by atoms with E-state index in [1.54, 1.807) is 0 Å². The predicted molar refractivity (Wildman–Crippen MR) is 80.9 cm³/mol. The molecule has 106 valence electrons. The Morgan fingerprint density at radius 2 is 2.00 bits per heavy atom. The molecule has 1 aliphatic heterocycles. The SMILES string of the molecule is CC(C)C1CCCN1c1cc(Cl)nc(C(C)(C)C)n1. The second-order valence-corrected chi connectivity index (χ2v) is 7.16. The highest BCUT2D eigenvalue weighted by molar-refractivity contribution is 6.29. The molecule has 0 amide bonds. The fourth-order valence-corrected chi connectivity index (χ4v) is 2.84. The maximum Gasteiger partial charge on any atom is 0.137 e. The quantitative estimate of drug-likeness (QED) is 0.766. The molecule has 0 spiro atoms. The second-order valence-electron chi connectivity index (χ2n) is 6.77. The lowest BCUT2D eigenvalue weighted by Gasteiger charge is -2.29. The van der Waals surface area contributed by atoms with Gasteiger partial charge in [-0.25, -0.2) is 9.97 Å². The van der Waals surface area contributed by atoms with Gasteiger partial charge in [0, 0.05) is 24.1 Å². The molecule has 0 aliphatic carbocycles. The van der Waals surface area contributed by atoms with Crippen molar-refractivity contribution in [1.29, 1.82) is 0 Å². The average Bonchev–Trinajstić information content (AvgIpc) is 2.75. The van der Waals surface area contributed by atoms with E-state index >= 15 is 0 Å². The van der Waals surface area contributed by atoms with Crippen LogP contribution in [0.3, 0.4) is 0 Å². The molecule has 1 unspecified atom stereocenters. The Hall–Kier alpha value is -0.830. The van der Waals surface area contributed by atoms with E-state index in [1.165, 1.54) is 12.8 Å². The molecule has 0 aromatic carbocycles.